The number of rotatable bonds is 6. The van der Waals surface area contributed by atoms with Crippen LogP contribution in [0, 0.1) is 5.82 Å². The zero-order valence-electron chi connectivity index (χ0n) is 12.0. The number of nitrogens with zero attached hydrogens (tertiary/aromatic N) is 3. The number of aromatic nitrogens is 3. The highest BCUT2D eigenvalue weighted by atomic mass is 19.1. The van der Waals surface area contributed by atoms with Crippen molar-refractivity contribution in [2.75, 3.05) is 0 Å². The molecule has 0 radical (unpaired) electrons. The van der Waals surface area contributed by atoms with E-state index in [-0.39, 0.29) is 5.82 Å². The van der Waals surface area contributed by atoms with Gasteiger partial charge in [-0.2, -0.15) is 0 Å². The van der Waals surface area contributed by atoms with Crippen LogP contribution < -0.4 is 5.73 Å². The number of halogens is 1. The van der Waals surface area contributed by atoms with E-state index in [1.165, 1.54) is 12.3 Å². The van der Waals surface area contributed by atoms with E-state index in [0.717, 1.165) is 18.8 Å². The van der Waals surface area contributed by atoms with Gasteiger partial charge in [-0.15, -0.1) is 0 Å². The Labute approximate surface area is 118 Å². The lowest BCUT2D eigenvalue weighted by atomic mass is 9.88. The summed E-state index contributed by atoms with van der Waals surface area (Å²) < 4.78 is 15.1. The van der Waals surface area contributed by atoms with E-state index in [2.05, 4.69) is 21.5 Å². The predicted octanol–water partition coefficient (Wildman–Crippen LogP) is 2.63. The Kier molecular flexibility index (Phi) is 4.49. The van der Waals surface area contributed by atoms with Crippen LogP contribution in [-0.4, -0.2) is 14.5 Å². The lowest BCUT2D eigenvalue weighted by Crippen LogP contribution is -2.40. The van der Waals surface area contributed by atoms with Crippen molar-refractivity contribution in [3.05, 3.63) is 48.1 Å². The van der Waals surface area contributed by atoms with E-state index < -0.39 is 5.54 Å². The summed E-state index contributed by atoms with van der Waals surface area (Å²) in [5.74, 6) is 0.599. The molecule has 0 bridgehead atoms. The Balaban J connectivity index is 2.26. The number of hydrogen-bond donors (Lipinski definition) is 1. The summed E-state index contributed by atoms with van der Waals surface area (Å²) in [5, 5.41) is 0. The molecule has 0 fully saturated rings. The van der Waals surface area contributed by atoms with Crippen LogP contribution in [0.3, 0.4) is 0 Å². The second-order valence-electron chi connectivity index (χ2n) is 5.08. The highest BCUT2D eigenvalue weighted by molar-refractivity contribution is 5.18. The zero-order valence-corrected chi connectivity index (χ0v) is 12.0. The molecule has 2 aromatic rings. The van der Waals surface area contributed by atoms with E-state index in [9.17, 15) is 4.39 Å². The fourth-order valence-corrected chi connectivity index (χ4v) is 2.30. The summed E-state index contributed by atoms with van der Waals surface area (Å²) in [6, 6.07) is 3.06. The molecule has 0 aromatic carbocycles. The van der Waals surface area contributed by atoms with Crippen molar-refractivity contribution in [2.24, 2.45) is 5.73 Å². The van der Waals surface area contributed by atoms with Gasteiger partial charge < -0.3 is 10.3 Å². The SMILES string of the molecule is CCCn1ccnc1CC(N)(CC)c1ccc(F)cn1. The Hall–Kier alpha value is -1.75. The van der Waals surface area contributed by atoms with Gasteiger partial charge in [0.15, 0.2) is 0 Å². The summed E-state index contributed by atoms with van der Waals surface area (Å²) in [6.07, 6.45) is 7.32. The number of pyridine rings is 1. The van der Waals surface area contributed by atoms with Crippen LogP contribution in [-0.2, 0) is 18.5 Å². The molecule has 2 heterocycles. The molecule has 4 nitrogen and oxygen atoms in total. The number of nitrogens with two attached hydrogens (primary N) is 1. The molecule has 0 amide bonds. The van der Waals surface area contributed by atoms with E-state index >= 15 is 0 Å². The lowest BCUT2D eigenvalue weighted by molar-refractivity contribution is 0.393. The molecule has 2 N–H and O–H groups in total. The summed E-state index contributed by atoms with van der Waals surface area (Å²) in [4.78, 5) is 8.53. The first-order valence-electron chi connectivity index (χ1n) is 7.00. The van der Waals surface area contributed by atoms with Crippen LogP contribution in [0.1, 0.15) is 38.2 Å². The molecular weight excluding hydrogens is 255 g/mol. The normalized spacial score (nSPS) is 14.2. The first kappa shape index (κ1) is 14.7. The van der Waals surface area contributed by atoms with Gasteiger partial charge in [0.25, 0.3) is 0 Å². The highest BCUT2D eigenvalue weighted by Crippen LogP contribution is 2.24. The lowest BCUT2D eigenvalue weighted by Gasteiger charge is -2.27. The predicted molar refractivity (Wildman–Crippen MR) is 76.6 cm³/mol. The van der Waals surface area contributed by atoms with E-state index in [1.54, 1.807) is 12.3 Å². The molecule has 0 saturated heterocycles. The first-order valence-corrected chi connectivity index (χ1v) is 7.00. The Morgan fingerprint density at radius 2 is 2.10 bits per heavy atom. The average molecular weight is 276 g/mol. The van der Waals surface area contributed by atoms with Gasteiger partial charge in [0.05, 0.1) is 17.4 Å². The highest BCUT2D eigenvalue weighted by Gasteiger charge is 2.29. The third-order valence-electron chi connectivity index (χ3n) is 3.61. The number of aryl methyl sites for hydroxylation is 1. The van der Waals surface area contributed by atoms with Gasteiger partial charge in [-0.25, -0.2) is 9.37 Å². The van der Waals surface area contributed by atoms with E-state index in [1.807, 2.05) is 13.1 Å². The molecule has 0 aliphatic rings. The van der Waals surface area contributed by atoms with Gasteiger partial charge in [0, 0.05) is 25.4 Å². The topological polar surface area (TPSA) is 56.7 Å². The molecule has 2 rings (SSSR count). The smallest absolute Gasteiger partial charge is 0.141 e. The van der Waals surface area contributed by atoms with Gasteiger partial charge in [0.1, 0.15) is 11.6 Å². The third kappa shape index (κ3) is 3.04. The molecule has 5 heteroatoms. The average Bonchev–Trinajstić information content (AvgIpc) is 2.87. The van der Waals surface area contributed by atoms with Crippen LogP contribution >= 0.6 is 0 Å². The monoisotopic (exact) mass is 276 g/mol. The van der Waals surface area contributed by atoms with Gasteiger partial charge >= 0.3 is 0 Å². The molecule has 2 aromatic heterocycles. The van der Waals surface area contributed by atoms with Gasteiger partial charge in [-0.05, 0) is 25.0 Å². The molecule has 0 aliphatic heterocycles. The van der Waals surface area contributed by atoms with Gasteiger partial charge in [0.2, 0.25) is 0 Å². The van der Waals surface area contributed by atoms with Crippen molar-refractivity contribution < 1.29 is 4.39 Å². The van der Waals surface area contributed by atoms with Crippen LogP contribution in [0.4, 0.5) is 4.39 Å². The van der Waals surface area contributed by atoms with Crippen molar-refractivity contribution in [2.45, 2.75) is 45.2 Å². The van der Waals surface area contributed by atoms with Crippen molar-refractivity contribution in [3.8, 4) is 0 Å². The minimum Gasteiger partial charge on any atom is -0.335 e. The van der Waals surface area contributed by atoms with Crippen molar-refractivity contribution in [3.63, 3.8) is 0 Å². The third-order valence-corrected chi connectivity index (χ3v) is 3.61. The summed E-state index contributed by atoms with van der Waals surface area (Å²) in [5.41, 5.74) is 6.57. The standard InChI is InChI=1S/C15H21FN4/c1-3-8-20-9-7-18-14(20)10-15(17,4-2)13-6-5-12(16)11-19-13/h5-7,9,11H,3-4,8,10,17H2,1-2H3. The largest absolute Gasteiger partial charge is 0.335 e. The first-order chi connectivity index (χ1) is 9.59. The minimum absolute atomic E-state index is 0.348. The minimum atomic E-state index is -0.620. The van der Waals surface area contributed by atoms with Crippen LogP contribution in [0.2, 0.25) is 0 Å². The Morgan fingerprint density at radius 1 is 1.30 bits per heavy atom. The zero-order chi connectivity index (χ0) is 14.6. The Morgan fingerprint density at radius 3 is 2.70 bits per heavy atom. The molecular formula is C15H21FN4. The second kappa shape index (κ2) is 6.13. The maximum absolute atomic E-state index is 13.0. The molecule has 1 unspecified atom stereocenters. The molecule has 1 atom stereocenters. The van der Waals surface area contributed by atoms with Crippen molar-refractivity contribution >= 4 is 0 Å². The molecule has 108 valence electrons. The van der Waals surface area contributed by atoms with Crippen molar-refractivity contribution in [1.29, 1.82) is 0 Å². The maximum Gasteiger partial charge on any atom is 0.141 e. The molecule has 0 saturated carbocycles. The van der Waals surface area contributed by atoms with Crippen LogP contribution in [0.15, 0.2) is 30.7 Å². The molecule has 0 spiro atoms. The second-order valence-corrected chi connectivity index (χ2v) is 5.08. The Bertz CT molecular complexity index is 549. The van der Waals surface area contributed by atoms with Gasteiger partial charge in [-0.3, -0.25) is 4.98 Å². The van der Waals surface area contributed by atoms with Crippen molar-refractivity contribution in [1.82, 2.24) is 14.5 Å². The fourth-order valence-electron chi connectivity index (χ4n) is 2.30. The quantitative estimate of drug-likeness (QED) is 0.882. The van der Waals surface area contributed by atoms with Crippen LogP contribution in [0.5, 0.6) is 0 Å². The molecule has 0 aliphatic carbocycles. The summed E-state index contributed by atoms with van der Waals surface area (Å²) >= 11 is 0. The number of hydrogen-bond acceptors (Lipinski definition) is 3. The van der Waals surface area contributed by atoms with Crippen LogP contribution in [0.25, 0.3) is 0 Å². The summed E-state index contributed by atoms with van der Waals surface area (Å²) in [6.45, 7) is 5.06. The maximum atomic E-state index is 13.0. The summed E-state index contributed by atoms with van der Waals surface area (Å²) in [7, 11) is 0. The molecule has 20 heavy (non-hydrogen) atoms. The van der Waals surface area contributed by atoms with Gasteiger partial charge in [-0.1, -0.05) is 13.8 Å². The van der Waals surface area contributed by atoms with E-state index in [0.29, 0.717) is 18.5 Å². The number of imidazole rings is 1. The fraction of sp³-hybridized carbons (Fsp3) is 0.467. The van der Waals surface area contributed by atoms with E-state index in [4.69, 9.17) is 5.73 Å².